The van der Waals surface area contributed by atoms with Gasteiger partial charge in [-0.25, -0.2) is 8.42 Å². The molecular formula is C21H26N2O4S. The summed E-state index contributed by atoms with van der Waals surface area (Å²) < 4.78 is 33.1. The van der Waals surface area contributed by atoms with E-state index >= 15 is 0 Å². The summed E-state index contributed by atoms with van der Waals surface area (Å²) in [5.74, 6) is -0.331. The first-order chi connectivity index (χ1) is 13.4. The van der Waals surface area contributed by atoms with Gasteiger partial charge in [0.25, 0.3) is 0 Å². The summed E-state index contributed by atoms with van der Waals surface area (Å²) in [7, 11) is -3.81. The topological polar surface area (TPSA) is 75.7 Å². The lowest BCUT2D eigenvalue weighted by Gasteiger charge is -2.22. The number of nitrogens with one attached hydrogen (secondary N) is 1. The Labute approximate surface area is 166 Å². The molecule has 2 aromatic rings. The molecule has 1 fully saturated rings. The Morgan fingerprint density at radius 3 is 2.50 bits per heavy atom. The average Bonchev–Trinajstić information content (AvgIpc) is 3.21. The Morgan fingerprint density at radius 2 is 1.86 bits per heavy atom. The molecular weight excluding hydrogens is 376 g/mol. The Morgan fingerprint density at radius 1 is 1.14 bits per heavy atom. The molecule has 0 saturated carbocycles. The number of aryl methyl sites for hydroxylation is 1. The summed E-state index contributed by atoms with van der Waals surface area (Å²) >= 11 is 0. The molecule has 1 atom stereocenters. The predicted molar refractivity (Wildman–Crippen MR) is 107 cm³/mol. The molecule has 0 spiro atoms. The van der Waals surface area contributed by atoms with E-state index < -0.39 is 10.0 Å². The van der Waals surface area contributed by atoms with Crippen LogP contribution in [0.1, 0.15) is 24.0 Å². The van der Waals surface area contributed by atoms with E-state index in [-0.39, 0.29) is 30.0 Å². The first kappa shape index (κ1) is 20.5. The highest BCUT2D eigenvalue weighted by Crippen LogP contribution is 2.19. The van der Waals surface area contributed by atoms with Crippen molar-refractivity contribution in [2.45, 2.75) is 37.3 Å². The number of amides is 1. The number of hydrogen-bond acceptors (Lipinski definition) is 4. The number of ether oxygens (including phenoxy) is 1. The molecule has 0 radical (unpaired) electrons. The SMILES string of the molecule is Cc1ccc(S(=O)(=O)N(CC(=O)NCC2CCCO2)Cc2ccccc2)cc1. The first-order valence-corrected chi connectivity index (χ1v) is 10.9. The van der Waals surface area contributed by atoms with Gasteiger partial charge in [-0.3, -0.25) is 4.79 Å². The van der Waals surface area contributed by atoms with E-state index in [0.29, 0.717) is 13.2 Å². The number of nitrogens with zero attached hydrogens (tertiary/aromatic N) is 1. The molecule has 6 nitrogen and oxygen atoms in total. The van der Waals surface area contributed by atoms with Crippen molar-refractivity contribution in [2.24, 2.45) is 0 Å². The third-order valence-corrected chi connectivity index (χ3v) is 6.54. The fourth-order valence-electron chi connectivity index (χ4n) is 3.12. The first-order valence-electron chi connectivity index (χ1n) is 9.44. The van der Waals surface area contributed by atoms with Gasteiger partial charge in [0, 0.05) is 19.7 Å². The van der Waals surface area contributed by atoms with Crippen molar-refractivity contribution in [1.29, 1.82) is 0 Å². The quantitative estimate of drug-likeness (QED) is 0.736. The Kier molecular flexibility index (Phi) is 6.83. The lowest BCUT2D eigenvalue weighted by Crippen LogP contribution is -2.42. The molecule has 0 bridgehead atoms. The zero-order chi connectivity index (χ0) is 20.0. The molecule has 1 aliphatic rings. The second kappa shape index (κ2) is 9.32. The van der Waals surface area contributed by atoms with Crippen LogP contribution in [0.5, 0.6) is 0 Å². The largest absolute Gasteiger partial charge is 0.376 e. The highest BCUT2D eigenvalue weighted by Gasteiger charge is 2.27. The van der Waals surface area contributed by atoms with E-state index in [0.717, 1.165) is 24.0 Å². The average molecular weight is 403 g/mol. The van der Waals surface area contributed by atoms with Crippen LogP contribution in [-0.4, -0.2) is 44.4 Å². The van der Waals surface area contributed by atoms with Crippen molar-refractivity contribution in [3.05, 3.63) is 65.7 Å². The van der Waals surface area contributed by atoms with Crippen LogP contribution in [0.15, 0.2) is 59.5 Å². The molecule has 0 aromatic heterocycles. The lowest BCUT2D eigenvalue weighted by molar-refractivity contribution is -0.121. The van der Waals surface area contributed by atoms with Crippen molar-refractivity contribution < 1.29 is 17.9 Å². The number of hydrogen-bond donors (Lipinski definition) is 1. The second-order valence-corrected chi connectivity index (χ2v) is 8.95. The normalized spacial score (nSPS) is 17.0. The van der Waals surface area contributed by atoms with Crippen LogP contribution in [-0.2, 0) is 26.1 Å². The van der Waals surface area contributed by atoms with Gasteiger partial charge in [0.2, 0.25) is 15.9 Å². The van der Waals surface area contributed by atoms with E-state index in [2.05, 4.69) is 5.32 Å². The van der Waals surface area contributed by atoms with Crippen LogP contribution in [0, 0.1) is 6.92 Å². The summed E-state index contributed by atoms with van der Waals surface area (Å²) in [5, 5.41) is 2.80. The Bertz CT molecular complexity index is 876. The van der Waals surface area contributed by atoms with Gasteiger partial charge in [0.05, 0.1) is 17.5 Å². The highest BCUT2D eigenvalue weighted by atomic mass is 32.2. The van der Waals surface area contributed by atoms with Crippen LogP contribution >= 0.6 is 0 Å². The zero-order valence-electron chi connectivity index (χ0n) is 16.0. The molecule has 1 heterocycles. The Balaban J connectivity index is 1.75. The number of carbonyl (C=O) groups excluding carboxylic acids is 1. The number of rotatable bonds is 8. The molecule has 150 valence electrons. The maximum absolute atomic E-state index is 13.2. The van der Waals surface area contributed by atoms with E-state index in [1.54, 1.807) is 24.3 Å². The monoisotopic (exact) mass is 402 g/mol. The zero-order valence-corrected chi connectivity index (χ0v) is 16.8. The van der Waals surface area contributed by atoms with E-state index in [9.17, 15) is 13.2 Å². The van der Waals surface area contributed by atoms with Crippen LogP contribution in [0.3, 0.4) is 0 Å². The van der Waals surface area contributed by atoms with E-state index in [1.807, 2.05) is 37.3 Å². The molecule has 1 amide bonds. The lowest BCUT2D eigenvalue weighted by atomic mass is 10.2. The summed E-state index contributed by atoms with van der Waals surface area (Å²) in [6.07, 6.45) is 1.92. The minimum Gasteiger partial charge on any atom is -0.376 e. The van der Waals surface area contributed by atoms with Gasteiger partial charge in [0.1, 0.15) is 0 Å². The van der Waals surface area contributed by atoms with Gasteiger partial charge >= 0.3 is 0 Å². The predicted octanol–water partition coefficient (Wildman–Crippen LogP) is 2.48. The van der Waals surface area contributed by atoms with Crippen molar-refractivity contribution in [2.75, 3.05) is 19.7 Å². The smallest absolute Gasteiger partial charge is 0.243 e. The van der Waals surface area contributed by atoms with Gasteiger partial charge in [-0.2, -0.15) is 4.31 Å². The van der Waals surface area contributed by atoms with Gasteiger partial charge in [-0.1, -0.05) is 48.0 Å². The molecule has 1 unspecified atom stereocenters. The standard InChI is InChI=1S/C21H26N2O4S/c1-17-9-11-20(12-10-17)28(25,26)23(15-18-6-3-2-4-7-18)16-21(24)22-14-19-8-5-13-27-19/h2-4,6-7,9-12,19H,5,8,13-16H2,1H3,(H,22,24). The fourth-order valence-corrected chi connectivity index (χ4v) is 4.51. The number of benzene rings is 2. The van der Waals surface area contributed by atoms with Crippen LogP contribution in [0.25, 0.3) is 0 Å². The molecule has 7 heteroatoms. The molecule has 1 N–H and O–H groups in total. The minimum atomic E-state index is -3.81. The molecule has 0 aliphatic carbocycles. The van der Waals surface area contributed by atoms with Gasteiger partial charge in [0.15, 0.2) is 0 Å². The summed E-state index contributed by atoms with van der Waals surface area (Å²) in [6, 6.07) is 15.9. The third kappa shape index (κ3) is 5.41. The third-order valence-electron chi connectivity index (χ3n) is 4.73. The molecule has 1 aliphatic heterocycles. The highest BCUT2D eigenvalue weighted by molar-refractivity contribution is 7.89. The fraction of sp³-hybridized carbons (Fsp3) is 0.381. The maximum Gasteiger partial charge on any atom is 0.243 e. The second-order valence-electron chi connectivity index (χ2n) is 7.01. The van der Waals surface area contributed by atoms with E-state index in [1.165, 1.54) is 4.31 Å². The number of sulfonamides is 1. The maximum atomic E-state index is 13.2. The summed E-state index contributed by atoms with van der Waals surface area (Å²) in [4.78, 5) is 12.6. The van der Waals surface area contributed by atoms with Gasteiger partial charge < -0.3 is 10.1 Å². The summed E-state index contributed by atoms with van der Waals surface area (Å²) in [6.45, 7) is 2.91. The van der Waals surface area contributed by atoms with E-state index in [4.69, 9.17) is 4.74 Å². The van der Waals surface area contributed by atoms with Crippen LogP contribution in [0.2, 0.25) is 0 Å². The summed E-state index contributed by atoms with van der Waals surface area (Å²) in [5.41, 5.74) is 1.80. The van der Waals surface area contributed by atoms with Crippen molar-refractivity contribution >= 4 is 15.9 Å². The van der Waals surface area contributed by atoms with Crippen molar-refractivity contribution in [1.82, 2.24) is 9.62 Å². The van der Waals surface area contributed by atoms with Gasteiger partial charge in [-0.15, -0.1) is 0 Å². The van der Waals surface area contributed by atoms with Crippen LogP contribution < -0.4 is 5.32 Å². The molecule has 2 aromatic carbocycles. The number of carbonyl (C=O) groups is 1. The van der Waals surface area contributed by atoms with Crippen molar-refractivity contribution in [3.63, 3.8) is 0 Å². The molecule has 28 heavy (non-hydrogen) atoms. The van der Waals surface area contributed by atoms with Crippen LogP contribution in [0.4, 0.5) is 0 Å². The van der Waals surface area contributed by atoms with Gasteiger partial charge in [-0.05, 0) is 37.5 Å². The Hall–Kier alpha value is -2.22. The molecule has 3 rings (SSSR count). The van der Waals surface area contributed by atoms with Crippen molar-refractivity contribution in [3.8, 4) is 0 Å². The molecule has 1 saturated heterocycles. The minimum absolute atomic E-state index is 0.0141.